The SMILES string of the molecule is Cc1cccc(NC(=O)[C@H](c2ccc(Cl)cc2Cl)N2CCOCC2)c1. The summed E-state index contributed by atoms with van der Waals surface area (Å²) in [5.41, 5.74) is 2.61. The Balaban J connectivity index is 1.91. The number of carbonyl (C=O) groups excluding carboxylic acids is 1. The van der Waals surface area contributed by atoms with E-state index in [0.29, 0.717) is 36.3 Å². The molecule has 0 saturated carbocycles. The average molecular weight is 379 g/mol. The second-order valence-corrected chi connectivity index (χ2v) is 6.92. The number of nitrogens with zero attached hydrogens (tertiary/aromatic N) is 1. The van der Waals surface area contributed by atoms with Gasteiger partial charge in [0, 0.05) is 28.8 Å². The molecule has 2 aromatic carbocycles. The highest BCUT2D eigenvalue weighted by Crippen LogP contribution is 2.31. The molecule has 1 aliphatic rings. The number of ether oxygens (including phenoxy) is 1. The zero-order chi connectivity index (χ0) is 17.8. The molecule has 1 fully saturated rings. The smallest absolute Gasteiger partial charge is 0.246 e. The summed E-state index contributed by atoms with van der Waals surface area (Å²) in [6.07, 6.45) is 0. The largest absolute Gasteiger partial charge is 0.379 e. The Morgan fingerprint density at radius 1 is 1.16 bits per heavy atom. The van der Waals surface area contributed by atoms with Gasteiger partial charge >= 0.3 is 0 Å². The van der Waals surface area contributed by atoms with Gasteiger partial charge < -0.3 is 10.1 Å². The monoisotopic (exact) mass is 378 g/mol. The van der Waals surface area contributed by atoms with Gasteiger partial charge in [-0.15, -0.1) is 0 Å². The quantitative estimate of drug-likeness (QED) is 0.861. The predicted octanol–water partition coefficient (Wildman–Crippen LogP) is 4.31. The Morgan fingerprint density at radius 3 is 2.60 bits per heavy atom. The van der Waals surface area contributed by atoms with Gasteiger partial charge in [0.1, 0.15) is 6.04 Å². The van der Waals surface area contributed by atoms with Gasteiger partial charge in [0.25, 0.3) is 0 Å². The van der Waals surface area contributed by atoms with E-state index < -0.39 is 6.04 Å². The van der Waals surface area contributed by atoms with Crippen molar-refractivity contribution in [3.05, 3.63) is 63.6 Å². The van der Waals surface area contributed by atoms with Crippen LogP contribution in [0.15, 0.2) is 42.5 Å². The molecule has 25 heavy (non-hydrogen) atoms. The second-order valence-electron chi connectivity index (χ2n) is 6.08. The van der Waals surface area contributed by atoms with Crippen molar-refractivity contribution < 1.29 is 9.53 Å². The first kappa shape index (κ1) is 18.2. The molecule has 4 nitrogen and oxygen atoms in total. The van der Waals surface area contributed by atoms with Crippen LogP contribution in [0.2, 0.25) is 10.0 Å². The molecular weight excluding hydrogens is 359 g/mol. The van der Waals surface area contributed by atoms with E-state index in [1.54, 1.807) is 12.1 Å². The number of morpholine rings is 1. The molecule has 6 heteroatoms. The normalized spacial score (nSPS) is 16.4. The summed E-state index contributed by atoms with van der Waals surface area (Å²) >= 11 is 12.4. The third-order valence-electron chi connectivity index (χ3n) is 4.20. The molecule has 0 bridgehead atoms. The standard InChI is InChI=1S/C19H20Cl2N2O2/c1-13-3-2-4-15(11-13)22-19(24)18(23-7-9-25-10-8-23)16-6-5-14(20)12-17(16)21/h2-6,11-12,18H,7-10H2,1H3,(H,22,24)/t18-/m0/s1. The zero-order valence-corrected chi connectivity index (χ0v) is 15.5. The van der Waals surface area contributed by atoms with E-state index in [2.05, 4.69) is 10.2 Å². The Labute approximate surface area is 157 Å². The number of benzene rings is 2. The lowest BCUT2D eigenvalue weighted by atomic mass is 10.0. The van der Waals surface area contributed by atoms with E-state index in [-0.39, 0.29) is 5.91 Å². The fraction of sp³-hybridized carbons (Fsp3) is 0.316. The van der Waals surface area contributed by atoms with Crippen molar-refractivity contribution in [2.45, 2.75) is 13.0 Å². The molecular formula is C19H20Cl2N2O2. The number of anilines is 1. The Bertz CT molecular complexity index is 761. The van der Waals surface area contributed by atoms with Crippen LogP contribution in [-0.2, 0) is 9.53 Å². The first-order valence-electron chi connectivity index (χ1n) is 8.19. The molecule has 0 aromatic heterocycles. The number of aryl methyl sites for hydroxylation is 1. The lowest BCUT2D eigenvalue weighted by molar-refractivity contribution is -0.123. The lowest BCUT2D eigenvalue weighted by Gasteiger charge is -2.34. The molecule has 0 aliphatic carbocycles. The van der Waals surface area contributed by atoms with Crippen molar-refractivity contribution >= 4 is 34.8 Å². The van der Waals surface area contributed by atoms with Crippen LogP contribution >= 0.6 is 23.2 Å². The molecule has 2 aromatic rings. The molecule has 132 valence electrons. The molecule has 0 spiro atoms. The number of nitrogens with one attached hydrogen (secondary N) is 1. The minimum Gasteiger partial charge on any atom is -0.379 e. The molecule has 1 aliphatic heterocycles. The third-order valence-corrected chi connectivity index (χ3v) is 4.76. The molecule has 0 radical (unpaired) electrons. The summed E-state index contributed by atoms with van der Waals surface area (Å²) in [4.78, 5) is 15.2. The maximum Gasteiger partial charge on any atom is 0.246 e. The highest BCUT2D eigenvalue weighted by molar-refractivity contribution is 6.35. The minimum atomic E-state index is -0.492. The van der Waals surface area contributed by atoms with E-state index >= 15 is 0 Å². The highest BCUT2D eigenvalue weighted by atomic mass is 35.5. The number of amides is 1. The van der Waals surface area contributed by atoms with Crippen molar-refractivity contribution in [2.24, 2.45) is 0 Å². The summed E-state index contributed by atoms with van der Waals surface area (Å²) < 4.78 is 5.42. The topological polar surface area (TPSA) is 41.6 Å². The van der Waals surface area contributed by atoms with Crippen LogP contribution in [0.1, 0.15) is 17.2 Å². The summed E-state index contributed by atoms with van der Waals surface area (Å²) in [6, 6.07) is 12.5. The number of rotatable bonds is 4. The van der Waals surface area contributed by atoms with Gasteiger partial charge in [-0.2, -0.15) is 0 Å². The predicted molar refractivity (Wildman–Crippen MR) is 101 cm³/mol. The van der Waals surface area contributed by atoms with Crippen LogP contribution in [0.5, 0.6) is 0 Å². The van der Waals surface area contributed by atoms with Crippen LogP contribution in [0, 0.1) is 6.92 Å². The fourth-order valence-corrected chi connectivity index (χ4v) is 3.51. The van der Waals surface area contributed by atoms with Crippen LogP contribution in [0.25, 0.3) is 0 Å². The molecule has 3 rings (SSSR count). The van der Waals surface area contributed by atoms with Crippen molar-refractivity contribution in [3.8, 4) is 0 Å². The lowest BCUT2D eigenvalue weighted by Crippen LogP contribution is -2.44. The van der Waals surface area contributed by atoms with Crippen molar-refractivity contribution in [2.75, 3.05) is 31.6 Å². The molecule has 1 N–H and O–H groups in total. The van der Waals surface area contributed by atoms with E-state index in [4.69, 9.17) is 27.9 Å². The molecule has 1 saturated heterocycles. The Kier molecular flexibility index (Phi) is 5.97. The third kappa shape index (κ3) is 4.53. The van der Waals surface area contributed by atoms with E-state index in [1.807, 2.05) is 37.3 Å². The van der Waals surface area contributed by atoms with E-state index in [9.17, 15) is 4.79 Å². The maximum atomic E-state index is 13.1. The summed E-state index contributed by atoms with van der Waals surface area (Å²) in [6.45, 7) is 4.53. The Hall–Kier alpha value is -1.59. The number of halogens is 2. The molecule has 1 atom stereocenters. The van der Waals surface area contributed by atoms with Gasteiger partial charge in [-0.3, -0.25) is 9.69 Å². The van der Waals surface area contributed by atoms with Crippen LogP contribution in [0.3, 0.4) is 0 Å². The van der Waals surface area contributed by atoms with E-state index in [1.165, 1.54) is 0 Å². The fourth-order valence-electron chi connectivity index (χ4n) is 3.00. The van der Waals surface area contributed by atoms with Gasteiger partial charge in [0.05, 0.1) is 13.2 Å². The summed E-state index contributed by atoms with van der Waals surface area (Å²) in [7, 11) is 0. The van der Waals surface area contributed by atoms with Gasteiger partial charge in [0.15, 0.2) is 0 Å². The average Bonchev–Trinajstić information content (AvgIpc) is 2.58. The molecule has 0 unspecified atom stereocenters. The molecule has 1 heterocycles. The first-order chi connectivity index (χ1) is 12.0. The zero-order valence-electron chi connectivity index (χ0n) is 14.0. The van der Waals surface area contributed by atoms with E-state index in [0.717, 1.165) is 16.8 Å². The van der Waals surface area contributed by atoms with Crippen LogP contribution in [0.4, 0.5) is 5.69 Å². The summed E-state index contributed by atoms with van der Waals surface area (Å²) in [5.74, 6) is -0.114. The highest BCUT2D eigenvalue weighted by Gasteiger charge is 2.30. The summed E-state index contributed by atoms with van der Waals surface area (Å²) in [5, 5.41) is 4.05. The number of hydrogen-bond acceptors (Lipinski definition) is 3. The maximum absolute atomic E-state index is 13.1. The Morgan fingerprint density at radius 2 is 1.92 bits per heavy atom. The minimum absolute atomic E-state index is 0.114. The number of carbonyl (C=O) groups is 1. The van der Waals surface area contributed by atoms with Crippen LogP contribution < -0.4 is 5.32 Å². The van der Waals surface area contributed by atoms with Gasteiger partial charge in [0.2, 0.25) is 5.91 Å². The van der Waals surface area contributed by atoms with Crippen LogP contribution in [-0.4, -0.2) is 37.1 Å². The van der Waals surface area contributed by atoms with Gasteiger partial charge in [-0.05, 0) is 42.3 Å². The van der Waals surface area contributed by atoms with Gasteiger partial charge in [-0.25, -0.2) is 0 Å². The van der Waals surface area contributed by atoms with Crippen molar-refractivity contribution in [1.82, 2.24) is 4.90 Å². The van der Waals surface area contributed by atoms with Crippen molar-refractivity contribution in [1.29, 1.82) is 0 Å². The van der Waals surface area contributed by atoms with Crippen molar-refractivity contribution in [3.63, 3.8) is 0 Å². The van der Waals surface area contributed by atoms with Gasteiger partial charge in [-0.1, -0.05) is 41.4 Å². The molecule has 1 amide bonds. The first-order valence-corrected chi connectivity index (χ1v) is 8.94. The number of hydrogen-bond donors (Lipinski definition) is 1. The second kappa shape index (κ2) is 8.19.